The van der Waals surface area contributed by atoms with Crippen molar-refractivity contribution in [1.29, 1.82) is 0 Å². The molecule has 0 fully saturated rings. The van der Waals surface area contributed by atoms with Crippen LogP contribution in [0.5, 0.6) is 0 Å². The van der Waals surface area contributed by atoms with Crippen LogP contribution in [0.3, 0.4) is 0 Å². The first-order valence-corrected chi connectivity index (χ1v) is 2.90. The lowest BCUT2D eigenvalue weighted by atomic mass is 10.2. The largest absolute Gasteiger partial charge is 0.516 e. The zero-order chi connectivity index (χ0) is 7.82. The summed E-state index contributed by atoms with van der Waals surface area (Å²) in [5, 5.41) is 8.22. The molecule has 0 heterocycles. The zero-order valence-corrected chi connectivity index (χ0v) is 5.82. The van der Waals surface area contributed by atoms with Crippen LogP contribution in [0.2, 0.25) is 0 Å². The molecule has 0 aliphatic rings. The first-order valence-electron chi connectivity index (χ1n) is 2.90. The van der Waals surface area contributed by atoms with E-state index in [1.54, 1.807) is 12.2 Å². The van der Waals surface area contributed by atoms with Crippen molar-refractivity contribution in [2.75, 3.05) is 0 Å². The average molecular weight is 138 g/mol. The van der Waals surface area contributed by atoms with Gasteiger partial charge in [-0.1, -0.05) is 17.7 Å². The fraction of sp³-hybridized carbons (Fsp3) is 0.125. The molecular weight excluding hydrogens is 128 g/mol. The van der Waals surface area contributed by atoms with Gasteiger partial charge in [-0.2, -0.15) is 0 Å². The predicted molar refractivity (Wildman–Crippen MR) is 40.7 cm³/mol. The van der Waals surface area contributed by atoms with Crippen LogP contribution in [0, 0.1) is 0 Å². The van der Waals surface area contributed by atoms with Crippen LogP contribution in [0.1, 0.15) is 6.92 Å². The Labute approximate surface area is 60.2 Å². The summed E-state index contributed by atoms with van der Waals surface area (Å²) in [7, 11) is 0. The van der Waals surface area contributed by atoms with Gasteiger partial charge in [0.1, 0.15) is 6.29 Å². The van der Waals surface area contributed by atoms with Gasteiger partial charge in [0.15, 0.2) is 0 Å². The zero-order valence-electron chi connectivity index (χ0n) is 5.82. The Morgan fingerprint density at radius 1 is 1.40 bits per heavy atom. The molecule has 0 aliphatic heterocycles. The molecule has 54 valence electrons. The molecule has 0 saturated carbocycles. The fourth-order valence-corrected chi connectivity index (χ4v) is 0.441. The van der Waals surface area contributed by atoms with E-state index in [-0.39, 0.29) is 0 Å². The van der Waals surface area contributed by atoms with Crippen LogP contribution in [0.4, 0.5) is 0 Å². The molecule has 0 aromatic carbocycles. The predicted octanol–water partition coefficient (Wildman–Crippen LogP) is 1.76. The van der Waals surface area contributed by atoms with Crippen molar-refractivity contribution in [3.8, 4) is 0 Å². The molecule has 0 amide bonds. The Kier molecular flexibility index (Phi) is 5.06. The van der Waals surface area contributed by atoms with Crippen molar-refractivity contribution in [2.24, 2.45) is 0 Å². The van der Waals surface area contributed by atoms with Gasteiger partial charge >= 0.3 is 0 Å². The number of hydrogen-bond acceptors (Lipinski definition) is 2. The summed E-state index contributed by atoms with van der Waals surface area (Å²) in [5.41, 5.74) is 0.914. The maximum atomic E-state index is 9.80. The van der Waals surface area contributed by atoms with Gasteiger partial charge in [0.05, 0.1) is 6.26 Å². The molecule has 10 heavy (non-hydrogen) atoms. The summed E-state index contributed by atoms with van der Waals surface area (Å²) >= 11 is 0. The second-order valence-electron chi connectivity index (χ2n) is 1.75. The number of aldehydes is 1. The SMILES string of the molecule is CC(/C=C/C=O)=C\C=C\O. The van der Waals surface area contributed by atoms with Crippen LogP contribution < -0.4 is 0 Å². The quantitative estimate of drug-likeness (QED) is 0.279. The third-order valence-corrected chi connectivity index (χ3v) is 0.883. The molecule has 1 N–H and O–H groups in total. The molecule has 0 saturated heterocycles. The smallest absolute Gasteiger partial charge is 0.142 e. The highest BCUT2D eigenvalue weighted by atomic mass is 16.2. The van der Waals surface area contributed by atoms with Crippen LogP contribution in [-0.2, 0) is 4.79 Å². The van der Waals surface area contributed by atoms with Gasteiger partial charge in [-0.15, -0.1) is 0 Å². The van der Waals surface area contributed by atoms with E-state index in [0.717, 1.165) is 11.8 Å². The molecular formula is C8H10O2. The molecule has 0 rings (SSSR count). The van der Waals surface area contributed by atoms with Crippen molar-refractivity contribution in [1.82, 2.24) is 0 Å². The van der Waals surface area contributed by atoms with Crippen molar-refractivity contribution < 1.29 is 9.90 Å². The second kappa shape index (κ2) is 5.82. The molecule has 0 spiro atoms. The Bertz CT molecular complexity index is 176. The average Bonchev–Trinajstić information content (AvgIpc) is 1.97. The lowest BCUT2D eigenvalue weighted by Crippen LogP contribution is -1.66. The van der Waals surface area contributed by atoms with Crippen molar-refractivity contribution >= 4 is 6.29 Å². The maximum Gasteiger partial charge on any atom is 0.142 e. The summed E-state index contributed by atoms with van der Waals surface area (Å²) in [6.07, 6.45) is 7.90. The van der Waals surface area contributed by atoms with Crippen molar-refractivity contribution in [3.05, 3.63) is 36.1 Å². The number of carbonyl (C=O) groups excluding carboxylic acids is 1. The number of allylic oxidation sites excluding steroid dienone is 5. The second-order valence-corrected chi connectivity index (χ2v) is 1.75. The van der Waals surface area contributed by atoms with E-state index >= 15 is 0 Å². The molecule has 0 aliphatic carbocycles. The van der Waals surface area contributed by atoms with E-state index in [4.69, 9.17) is 5.11 Å². The van der Waals surface area contributed by atoms with Crippen LogP contribution in [0.25, 0.3) is 0 Å². The third-order valence-electron chi connectivity index (χ3n) is 0.883. The number of rotatable bonds is 3. The topological polar surface area (TPSA) is 37.3 Å². The van der Waals surface area contributed by atoms with Crippen molar-refractivity contribution in [3.63, 3.8) is 0 Å². The number of aliphatic hydroxyl groups excluding tert-OH is 1. The van der Waals surface area contributed by atoms with E-state index in [1.807, 2.05) is 6.92 Å². The van der Waals surface area contributed by atoms with Gasteiger partial charge in [0, 0.05) is 0 Å². The molecule has 0 bridgehead atoms. The lowest BCUT2D eigenvalue weighted by molar-refractivity contribution is -0.104. The Morgan fingerprint density at radius 2 is 2.10 bits per heavy atom. The van der Waals surface area contributed by atoms with Gasteiger partial charge in [-0.3, -0.25) is 4.79 Å². The summed E-state index contributed by atoms with van der Waals surface area (Å²) in [6.45, 7) is 1.83. The Morgan fingerprint density at radius 3 is 2.60 bits per heavy atom. The molecule has 2 nitrogen and oxygen atoms in total. The van der Waals surface area contributed by atoms with Gasteiger partial charge in [0.2, 0.25) is 0 Å². The first-order chi connectivity index (χ1) is 4.81. The summed E-state index contributed by atoms with van der Waals surface area (Å²) in [4.78, 5) is 9.80. The molecule has 2 heteroatoms. The standard InChI is InChI=1S/C8H10O2/c1-8(4-2-6-9)5-3-7-10/h2-7,9H,1H3/b5-3+,6-2+,8-4+. The monoisotopic (exact) mass is 138 g/mol. The van der Waals surface area contributed by atoms with Gasteiger partial charge < -0.3 is 5.11 Å². The van der Waals surface area contributed by atoms with Gasteiger partial charge in [-0.25, -0.2) is 0 Å². The van der Waals surface area contributed by atoms with E-state index in [0.29, 0.717) is 6.29 Å². The van der Waals surface area contributed by atoms with Gasteiger partial charge in [0.25, 0.3) is 0 Å². The normalized spacial score (nSPS) is 13.1. The molecule has 0 unspecified atom stereocenters. The highest BCUT2D eigenvalue weighted by molar-refractivity contribution is 5.65. The summed E-state index contributed by atoms with van der Waals surface area (Å²) < 4.78 is 0. The Balaban J connectivity index is 3.93. The Hall–Kier alpha value is -1.31. The van der Waals surface area contributed by atoms with E-state index in [9.17, 15) is 4.79 Å². The van der Waals surface area contributed by atoms with Gasteiger partial charge in [-0.05, 0) is 19.1 Å². The fourth-order valence-electron chi connectivity index (χ4n) is 0.441. The van der Waals surface area contributed by atoms with Crippen molar-refractivity contribution in [2.45, 2.75) is 6.92 Å². The highest BCUT2D eigenvalue weighted by Gasteiger charge is 1.75. The minimum Gasteiger partial charge on any atom is -0.516 e. The molecule has 0 aromatic rings. The van der Waals surface area contributed by atoms with E-state index < -0.39 is 0 Å². The maximum absolute atomic E-state index is 9.80. The number of hydrogen-bond donors (Lipinski definition) is 1. The van der Waals surface area contributed by atoms with Crippen LogP contribution >= 0.6 is 0 Å². The lowest BCUT2D eigenvalue weighted by Gasteiger charge is -1.83. The molecule has 0 radical (unpaired) electrons. The summed E-state index contributed by atoms with van der Waals surface area (Å²) in [5.74, 6) is 0. The summed E-state index contributed by atoms with van der Waals surface area (Å²) in [6, 6.07) is 0. The van der Waals surface area contributed by atoms with E-state index in [2.05, 4.69) is 0 Å². The minimum absolute atomic E-state index is 0.708. The number of carbonyl (C=O) groups is 1. The molecule has 0 atom stereocenters. The minimum atomic E-state index is 0.708. The van der Waals surface area contributed by atoms with Crippen LogP contribution in [-0.4, -0.2) is 11.4 Å². The highest BCUT2D eigenvalue weighted by Crippen LogP contribution is 1.93. The van der Waals surface area contributed by atoms with Crippen LogP contribution in [0.15, 0.2) is 36.1 Å². The molecule has 0 aromatic heterocycles. The first kappa shape index (κ1) is 8.69. The third kappa shape index (κ3) is 4.84. The van der Waals surface area contributed by atoms with E-state index in [1.165, 1.54) is 12.2 Å². The number of aliphatic hydroxyl groups is 1.